The number of aliphatic hydroxyl groups excluding tert-OH is 1. The molecule has 2 heterocycles. The van der Waals surface area contributed by atoms with Crippen LogP contribution in [0.15, 0.2) is 29.3 Å². The number of hydrogen-bond donors (Lipinski definition) is 2. The van der Waals surface area contributed by atoms with Crippen molar-refractivity contribution in [1.82, 2.24) is 15.1 Å². The van der Waals surface area contributed by atoms with Crippen molar-refractivity contribution in [3.8, 4) is 0 Å². The van der Waals surface area contributed by atoms with E-state index in [1.165, 1.54) is 11.1 Å². The fourth-order valence-corrected chi connectivity index (χ4v) is 3.92. The molecule has 0 spiro atoms. The van der Waals surface area contributed by atoms with Crippen molar-refractivity contribution in [2.24, 2.45) is 10.9 Å². The third kappa shape index (κ3) is 6.47. The molecule has 2 fully saturated rings. The first-order chi connectivity index (χ1) is 13.6. The molecule has 0 aromatic heterocycles. The van der Waals surface area contributed by atoms with Gasteiger partial charge in [0, 0.05) is 52.3 Å². The number of piperidine rings is 1. The van der Waals surface area contributed by atoms with Gasteiger partial charge in [-0.3, -0.25) is 4.90 Å². The normalized spacial score (nSPS) is 21.8. The predicted octanol–water partition coefficient (Wildman–Crippen LogP) is 2.08. The SMILES string of the molecule is CCNC(=NCc1ccc(CN2CCC(O)CC2)cc1)N(C)CC1CCOC1. The lowest BCUT2D eigenvalue weighted by atomic mass is 10.1. The molecular weight excluding hydrogens is 352 g/mol. The van der Waals surface area contributed by atoms with Crippen molar-refractivity contribution < 1.29 is 9.84 Å². The predicted molar refractivity (Wildman–Crippen MR) is 113 cm³/mol. The molecule has 1 atom stereocenters. The van der Waals surface area contributed by atoms with E-state index in [0.717, 1.165) is 71.2 Å². The van der Waals surface area contributed by atoms with E-state index in [4.69, 9.17) is 9.73 Å². The zero-order valence-corrected chi connectivity index (χ0v) is 17.4. The van der Waals surface area contributed by atoms with E-state index in [0.29, 0.717) is 12.5 Å². The first-order valence-corrected chi connectivity index (χ1v) is 10.7. The van der Waals surface area contributed by atoms with Crippen LogP contribution in [0.1, 0.15) is 37.3 Å². The van der Waals surface area contributed by atoms with Crippen LogP contribution in [0, 0.1) is 5.92 Å². The van der Waals surface area contributed by atoms with Crippen LogP contribution in [-0.4, -0.2) is 73.4 Å². The molecule has 1 aromatic rings. The fraction of sp³-hybridized carbons (Fsp3) is 0.682. The van der Waals surface area contributed by atoms with Gasteiger partial charge in [-0.1, -0.05) is 24.3 Å². The molecule has 156 valence electrons. The lowest BCUT2D eigenvalue weighted by molar-refractivity contribution is 0.0792. The van der Waals surface area contributed by atoms with Gasteiger partial charge in [0.2, 0.25) is 0 Å². The standard InChI is InChI=1S/C22H36N4O2/c1-3-23-22(25(2)15-20-10-13-28-17-20)24-14-18-4-6-19(7-5-18)16-26-11-8-21(27)9-12-26/h4-7,20-21,27H,3,8-17H2,1-2H3,(H,23,24). The summed E-state index contributed by atoms with van der Waals surface area (Å²) in [5.74, 6) is 1.56. The van der Waals surface area contributed by atoms with Gasteiger partial charge in [-0.2, -0.15) is 0 Å². The number of ether oxygens (including phenoxy) is 1. The number of aliphatic hydroxyl groups is 1. The molecule has 28 heavy (non-hydrogen) atoms. The molecule has 6 heteroatoms. The van der Waals surface area contributed by atoms with E-state index in [2.05, 4.69) is 53.4 Å². The van der Waals surface area contributed by atoms with Gasteiger partial charge in [-0.15, -0.1) is 0 Å². The third-order valence-electron chi connectivity index (χ3n) is 5.65. The monoisotopic (exact) mass is 388 g/mol. The maximum Gasteiger partial charge on any atom is 0.193 e. The highest BCUT2D eigenvalue weighted by atomic mass is 16.5. The number of guanidine groups is 1. The lowest BCUT2D eigenvalue weighted by Gasteiger charge is -2.29. The summed E-state index contributed by atoms with van der Waals surface area (Å²) in [5, 5.41) is 13.0. The molecule has 2 aliphatic rings. The topological polar surface area (TPSA) is 60.3 Å². The zero-order chi connectivity index (χ0) is 19.8. The van der Waals surface area contributed by atoms with Crippen LogP contribution in [-0.2, 0) is 17.8 Å². The lowest BCUT2D eigenvalue weighted by Crippen LogP contribution is -2.41. The molecule has 0 amide bonds. The molecule has 0 radical (unpaired) electrons. The number of nitrogens with one attached hydrogen (secondary N) is 1. The van der Waals surface area contributed by atoms with E-state index in [1.807, 2.05) is 0 Å². The third-order valence-corrected chi connectivity index (χ3v) is 5.65. The van der Waals surface area contributed by atoms with Crippen LogP contribution >= 0.6 is 0 Å². The van der Waals surface area contributed by atoms with Crippen LogP contribution < -0.4 is 5.32 Å². The van der Waals surface area contributed by atoms with E-state index in [1.54, 1.807) is 0 Å². The molecule has 3 rings (SSSR count). The Bertz CT molecular complexity index is 605. The smallest absolute Gasteiger partial charge is 0.193 e. The Morgan fingerprint density at radius 1 is 1.21 bits per heavy atom. The molecule has 2 N–H and O–H groups in total. The van der Waals surface area contributed by atoms with Crippen LogP contribution in [0.2, 0.25) is 0 Å². The van der Waals surface area contributed by atoms with Crippen molar-refractivity contribution in [2.45, 2.75) is 45.4 Å². The van der Waals surface area contributed by atoms with Gasteiger partial charge >= 0.3 is 0 Å². The number of nitrogens with zero attached hydrogens (tertiary/aromatic N) is 3. The molecule has 0 saturated carbocycles. The second kappa shape index (κ2) is 10.8. The minimum atomic E-state index is -0.110. The number of aliphatic imine (C=N–C) groups is 1. The van der Waals surface area contributed by atoms with Crippen molar-refractivity contribution in [3.05, 3.63) is 35.4 Å². The summed E-state index contributed by atoms with van der Waals surface area (Å²) in [6.07, 6.45) is 2.81. The molecule has 6 nitrogen and oxygen atoms in total. The summed E-state index contributed by atoms with van der Waals surface area (Å²) < 4.78 is 5.50. The Morgan fingerprint density at radius 2 is 1.93 bits per heavy atom. The summed E-state index contributed by atoms with van der Waals surface area (Å²) in [6.45, 7) is 9.32. The van der Waals surface area contributed by atoms with Gasteiger partial charge in [0.1, 0.15) is 0 Å². The van der Waals surface area contributed by atoms with E-state index >= 15 is 0 Å². The molecule has 1 aromatic carbocycles. The van der Waals surface area contributed by atoms with E-state index in [9.17, 15) is 5.11 Å². The molecule has 2 aliphatic heterocycles. The minimum absolute atomic E-state index is 0.110. The van der Waals surface area contributed by atoms with Crippen molar-refractivity contribution >= 4 is 5.96 Å². The Morgan fingerprint density at radius 3 is 2.57 bits per heavy atom. The molecular formula is C22H36N4O2. The van der Waals surface area contributed by atoms with E-state index in [-0.39, 0.29) is 6.10 Å². The average Bonchev–Trinajstić information content (AvgIpc) is 3.21. The highest BCUT2D eigenvalue weighted by Gasteiger charge is 2.19. The fourth-order valence-electron chi connectivity index (χ4n) is 3.92. The quantitative estimate of drug-likeness (QED) is 0.553. The van der Waals surface area contributed by atoms with Gasteiger partial charge < -0.3 is 20.1 Å². The van der Waals surface area contributed by atoms with Gasteiger partial charge in [-0.05, 0) is 37.3 Å². The van der Waals surface area contributed by atoms with Gasteiger partial charge in [0.25, 0.3) is 0 Å². The van der Waals surface area contributed by atoms with Crippen LogP contribution in [0.3, 0.4) is 0 Å². The Hall–Kier alpha value is -1.63. The van der Waals surface area contributed by atoms with Crippen LogP contribution in [0.4, 0.5) is 0 Å². The Balaban J connectivity index is 1.51. The Kier molecular flexibility index (Phi) is 8.13. The number of likely N-dealkylation sites (tertiary alicyclic amines) is 1. The largest absolute Gasteiger partial charge is 0.393 e. The second-order valence-corrected chi connectivity index (χ2v) is 8.10. The molecule has 0 aliphatic carbocycles. The van der Waals surface area contributed by atoms with Crippen LogP contribution in [0.5, 0.6) is 0 Å². The summed E-state index contributed by atoms with van der Waals surface area (Å²) in [5.41, 5.74) is 2.56. The van der Waals surface area contributed by atoms with Crippen molar-refractivity contribution in [3.63, 3.8) is 0 Å². The van der Waals surface area contributed by atoms with Gasteiger partial charge in [0.05, 0.1) is 19.3 Å². The highest BCUT2D eigenvalue weighted by Crippen LogP contribution is 2.15. The maximum atomic E-state index is 9.64. The highest BCUT2D eigenvalue weighted by molar-refractivity contribution is 5.79. The zero-order valence-electron chi connectivity index (χ0n) is 17.4. The van der Waals surface area contributed by atoms with Crippen LogP contribution in [0.25, 0.3) is 0 Å². The minimum Gasteiger partial charge on any atom is -0.393 e. The number of rotatable bonds is 7. The van der Waals surface area contributed by atoms with E-state index < -0.39 is 0 Å². The first-order valence-electron chi connectivity index (χ1n) is 10.7. The number of hydrogen-bond acceptors (Lipinski definition) is 4. The molecule has 0 bridgehead atoms. The average molecular weight is 389 g/mol. The van der Waals surface area contributed by atoms with Crippen molar-refractivity contribution in [2.75, 3.05) is 46.4 Å². The summed E-state index contributed by atoms with van der Waals surface area (Å²) >= 11 is 0. The first kappa shape index (κ1) is 21.1. The summed E-state index contributed by atoms with van der Waals surface area (Å²) in [4.78, 5) is 9.48. The Labute approximate surface area is 169 Å². The summed E-state index contributed by atoms with van der Waals surface area (Å²) in [7, 11) is 2.11. The second-order valence-electron chi connectivity index (χ2n) is 8.10. The maximum absolute atomic E-state index is 9.64. The van der Waals surface area contributed by atoms with Gasteiger partial charge in [-0.25, -0.2) is 4.99 Å². The summed E-state index contributed by atoms with van der Waals surface area (Å²) in [6, 6.07) is 8.79. The molecule has 1 unspecified atom stereocenters. The number of benzene rings is 1. The molecule has 2 saturated heterocycles. The van der Waals surface area contributed by atoms with Crippen molar-refractivity contribution in [1.29, 1.82) is 0 Å². The van der Waals surface area contributed by atoms with Gasteiger partial charge in [0.15, 0.2) is 5.96 Å².